The number of aromatic amines is 1. The second kappa shape index (κ2) is 9.27. The van der Waals surface area contributed by atoms with Gasteiger partial charge in [-0.3, -0.25) is 9.58 Å². The minimum Gasteiger partial charge on any atom is -0.496 e. The van der Waals surface area contributed by atoms with Crippen molar-refractivity contribution in [2.45, 2.75) is 38.4 Å². The molecule has 2 aromatic carbocycles. The van der Waals surface area contributed by atoms with Crippen molar-refractivity contribution >= 4 is 32.8 Å². The van der Waals surface area contributed by atoms with Gasteiger partial charge in [0.1, 0.15) is 5.75 Å². The van der Waals surface area contributed by atoms with Gasteiger partial charge in [0.05, 0.1) is 29.4 Å². The zero-order chi connectivity index (χ0) is 23.8. The molecule has 0 aliphatic carbocycles. The molecule has 1 saturated heterocycles. The van der Waals surface area contributed by atoms with Crippen molar-refractivity contribution < 1.29 is 14.6 Å². The van der Waals surface area contributed by atoms with Gasteiger partial charge in [0.15, 0.2) is 0 Å². The normalized spacial score (nSPS) is 18.9. The molecule has 3 heterocycles. The van der Waals surface area contributed by atoms with Gasteiger partial charge in [-0.25, -0.2) is 4.79 Å². The Hall–Kier alpha value is -3.10. The number of carbonyl (C=O) groups is 1. The van der Waals surface area contributed by atoms with Crippen molar-refractivity contribution in [3.8, 4) is 5.75 Å². The van der Waals surface area contributed by atoms with E-state index in [9.17, 15) is 9.90 Å². The minimum atomic E-state index is -0.902. The van der Waals surface area contributed by atoms with Crippen LogP contribution in [0.4, 0.5) is 0 Å². The van der Waals surface area contributed by atoms with Crippen LogP contribution in [0.25, 0.3) is 10.9 Å². The Labute approximate surface area is 206 Å². The second-order valence-corrected chi connectivity index (χ2v) is 9.75. The lowest BCUT2D eigenvalue weighted by Gasteiger charge is -2.40. The Kier molecular flexibility index (Phi) is 6.18. The Morgan fingerprint density at radius 1 is 1.32 bits per heavy atom. The maximum absolute atomic E-state index is 12.1. The summed E-state index contributed by atoms with van der Waals surface area (Å²) in [5.41, 5.74) is 4.54. The van der Waals surface area contributed by atoms with Crippen molar-refractivity contribution in [1.29, 1.82) is 0 Å². The van der Waals surface area contributed by atoms with Crippen LogP contribution in [0.15, 0.2) is 59.5 Å². The number of rotatable bonds is 6. The molecule has 2 N–H and O–H groups in total. The van der Waals surface area contributed by atoms with Crippen LogP contribution < -0.4 is 4.74 Å². The molecule has 176 valence electrons. The Morgan fingerprint density at radius 2 is 2.15 bits per heavy atom. The summed E-state index contributed by atoms with van der Waals surface area (Å²) in [5, 5.41) is 15.6. The number of H-pyrrole nitrogens is 1. The average molecular weight is 523 g/mol. The van der Waals surface area contributed by atoms with E-state index in [0.29, 0.717) is 12.1 Å². The van der Waals surface area contributed by atoms with Crippen molar-refractivity contribution in [3.05, 3.63) is 81.7 Å². The van der Waals surface area contributed by atoms with Crippen LogP contribution in [0.2, 0.25) is 0 Å². The van der Waals surface area contributed by atoms with E-state index < -0.39 is 5.97 Å². The number of nitrogens with one attached hydrogen (secondary N) is 1. The first-order valence-electron chi connectivity index (χ1n) is 11.4. The van der Waals surface area contributed by atoms with Crippen molar-refractivity contribution in [1.82, 2.24) is 19.7 Å². The molecule has 0 spiro atoms. The molecule has 1 aliphatic rings. The van der Waals surface area contributed by atoms with Gasteiger partial charge in [-0.15, -0.1) is 0 Å². The molecule has 0 bridgehead atoms. The predicted octanol–water partition coefficient (Wildman–Crippen LogP) is 5.72. The number of halogens is 1. The number of aromatic nitrogens is 3. The van der Waals surface area contributed by atoms with Crippen LogP contribution in [0, 0.1) is 6.92 Å². The van der Waals surface area contributed by atoms with Gasteiger partial charge >= 0.3 is 5.97 Å². The summed E-state index contributed by atoms with van der Waals surface area (Å²) in [5.74, 6) is -0.0477. The number of aryl methyl sites for hydroxylation is 1. The number of likely N-dealkylation sites (tertiary alicyclic amines) is 1. The van der Waals surface area contributed by atoms with Crippen molar-refractivity contribution in [2.24, 2.45) is 0 Å². The van der Waals surface area contributed by atoms with E-state index in [1.54, 1.807) is 25.4 Å². The highest BCUT2D eigenvalue weighted by atomic mass is 79.9. The van der Waals surface area contributed by atoms with Crippen LogP contribution in [0.5, 0.6) is 5.75 Å². The number of carboxylic acids is 1. The first-order chi connectivity index (χ1) is 16.5. The minimum absolute atomic E-state index is 0.0750. The standard InChI is InChI=1S/C26H27BrN4O3/c1-16-11-24(34-2)22(20-7-9-28-25(16)20)15-30-10-8-18(31-14-17(27)13-29-31)12-23(30)19-5-3-4-6-21(19)26(32)33/h3-7,9,11,13-14,18,23,28H,8,10,12,15H2,1-2H3,(H,32,33)/t18-,23-/m0/s1. The number of hydrogen-bond acceptors (Lipinski definition) is 4. The molecule has 8 heteroatoms. The Bertz CT molecular complexity index is 1350. The summed E-state index contributed by atoms with van der Waals surface area (Å²) < 4.78 is 8.72. The monoisotopic (exact) mass is 522 g/mol. The summed E-state index contributed by atoms with van der Waals surface area (Å²) in [4.78, 5) is 17.8. The summed E-state index contributed by atoms with van der Waals surface area (Å²) in [7, 11) is 1.70. The summed E-state index contributed by atoms with van der Waals surface area (Å²) in [6.45, 7) is 3.54. The Morgan fingerprint density at radius 3 is 2.88 bits per heavy atom. The van der Waals surface area contributed by atoms with E-state index in [-0.39, 0.29) is 12.1 Å². The third-order valence-corrected chi connectivity index (χ3v) is 7.28. The topological polar surface area (TPSA) is 83.4 Å². The third kappa shape index (κ3) is 4.12. The van der Waals surface area contributed by atoms with Gasteiger partial charge in [-0.05, 0) is 65.0 Å². The maximum Gasteiger partial charge on any atom is 0.336 e. The molecule has 7 nitrogen and oxygen atoms in total. The van der Waals surface area contributed by atoms with E-state index in [2.05, 4.69) is 50.0 Å². The number of fused-ring (bicyclic) bond motifs is 1. The van der Waals surface area contributed by atoms with Crippen LogP contribution in [-0.2, 0) is 6.54 Å². The lowest BCUT2D eigenvalue weighted by Crippen LogP contribution is -2.38. The van der Waals surface area contributed by atoms with E-state index in [0.717, 1.165) is 57.2 Å². The fourth-order valence-electron chi connectivity index (χ4n) is 5.23. The van der Waals surface area contributed by atoms with Gasteiger partial charge in [0, 0.05) is 48.0 Å². The quantitative estimate of drug-likeness (QED) is 0.338. The van der Waals surface area contributed by atoms with Crippen LogP contribution in [0.3, 0.4) is 0 Å². The summed E-state index contributed by atoms with van der Waals surface area (Å²) in [6, 6.07) is 11.6. The molecule has 2 atom stereocenters. The van der Waals surface area contributed by atoms with Gasteiger partial charge in [-0.1, -0.05) is 18.2 Å². The number of hydrogen-bond donors (Lipinski definition) is 2. The number of benzene rings is 2. The lowest BCUT2D eigenvalue weighted by molar-refractivity contribution is 0.0682. The van der Waals surface area contributed by atoms with Gasteiger partial charge in [-0.2, -0.15) is 5.10 Å². The molecule has 2 aromatic heterocycles. The molecule has 1 fully saturated rings. The smallest absolute Gasteiger partial charge is 0.336 e. The van der Waals surface area contributed by atoms with E-state index in [1.165, 1.54) is 0 Å². The number of methoxy groups -OCH3 is 1. The zero-order valence-corrected chi connectivity index (χ0v) is 20.7. The number of aromatic carboxylic acids is 1. The first kappa shape index (κ1) is 22.7. The largest absolute Gasteiger partial charge is 0.496 e. The van der Waals surface area contributed by atoms with Gasteiger partial charge in [0.25, 0.3) is 0 Å². The highest BCUT2D eigenvalue weighted by Gasteiger charge is 2.34. The van der Waals surface area contributed by atoms with E-state index in [1.807, 2.05) is 29.2 Å². The second-order valence-electron chi connectivity index (χ2n) is 8.84. The first-order valence-corrected chi connectivity index (χ1v) is 12.1. The number of ether oxygens (including phenoxy) is 1. The van der Waals surface area contributed by atoms with Crippen molar-refractivity contribution in [2.75, 3.05) is 13.7 Å². The number of nitrogens with zero attached hydrogens (tertiary/aromatic N) is 3. The Balaban J connectivity index is 1.56. The predicted molar refractivity (Wildman–Crippen MR) is 134 cm³/mol. The fraction of sp³-hybridized carbons (Fsp3) is 0.308. The van der Waals surface area contributed by atoms with Crippen LogP contribution in [-0.4, -0.2) is 44.4 Å². The summed E-state index contributed by atoms with van der Waals surface area (Å²) >= 11 is 3.50. The SMILES string of the molecule is COc1cc(C)c2[nH]ccc2c1CN1CC[C@H](n2cc(Br)cn2)C[C@H]1c1ccccc1C(=O)O. The lowest BCUT2D eigenvalue weighted by atomic mass is 9.88. The third-order valence-electron chi connectivity index (χ3n) is 6.87. The maximum atomic E-state index is 12.1. The van der Waals surface area contributed by atoms with Crippen LogP contribution >= 0.6 is 15.9 Å². The fourth-order valence-corrected chi connectivity index (χ4v) is 5.53. The molecule has 1 aliphatic heterocycles. The molecule has 4 aromatic rings. The van der Waals surface area contributed by atoms with E-state index in [4.69, 9.17) is 4.74 Å². The molecular weight excluding hydrogens is 496 g/mol. The number of carboxylic acid groups (broad SMARTS) is 1. The highest BCUT2D eigenvalue weighted by molar-refractivity contribution is 9.10. The molecule has 34 heavy (non-hydrogen) atoms. The highest BCUT2D eigenvalue weighted by Crippen LogP contribution is 2.41. The molecule has 0 amide bonds. The molecule has 5 rings (SSSR count). The van der Waals surface area contributed by atoms with Gasteiger partial charge < -0.3 is 14.8 Å². The van der Waals surface area contributed by atoms with Crippen molar-refractivity contribution in [3.63, 3.8) is 0 Å². The molecular formula is C26H27BrN4O3. The van der Waals surface area contributed by atoms with E-state index >= 15 is 0 Å². The summed E-state index contributed by atoms with van der Waals surface area (Å²) in [6.07, 6.45) is 7.44. The average Bonchev–Trinajstić information content (AvgIpc) is 3.50. The van der Waals surface area contributed by atoms with Crippen LogP contribution in [0.1, 0.15) is 52.0 Å². The molecule has 0 saturated carbocycles. The van der Waals surface area contributed by atoms with Gasteiger partial charge in [0.2, 0.25) is 0 Å². The zero-order valence-electron chi connectivity index (χ0n) is 19.2. The molecule has 0 unspecified atom stereocenters. The molecule has 0 radical (unpaired) electrons. The number of piperidine rings is 1.